The molecule has 0 N–H and O–H groups in total. The van der Waals surface area contributed by atoms with Gasteiger partial charge in [0.15, 0.2) is 5.82 Å². The lowest BCUT2D eigenvalue weighted by atomic mass is 9.91. The molecule has 0 aliphatic rings. The van der Waals surface area contributed by atoms with E-state index in [2.05, 4.69) is 38.1 Å². The molecule has 0 fully saturated rings. The Morgan fingerprint density at radius 3 is 2.40 bits per heavy atom. The van der Waals surface area contributed by atoms with Gasteiger partial charge in [0.25, 0.3) is 0 Å². The van der Waals surface area contributed by atoms with E-state index in [1.54, 1.807) is 23.7 Å². The van der Waals surface area contributed by atoms with Crippen LogP contribution in [0.15, 0.2) is 29.9 Å². The fourth-order valence-electron chi connectivity index (χ4n) is 2.17. The summed E-state index contributed by atoms with van der Waals surface area (Å²) in [5, 5.41) is 2.16. The molecule has 0 unspecified atom stereocenters. The Morgan fingerprint density at radius 2 is 1.75 bits per heavy atom. The van der Waals surface area contributed by atoms with Gasteiger partial charge in [0.05, 0.1) is 15.9 Å². The van der Waals surface area contributed by atoms with Crippen LogP contribution in [0.3, 0.4) is 0 Å². The van der Waals surface area contributed by atoms with Crippen LogP contribution < -0.4 is 0 Å². The Kier molecular flexibility index (Phi) is 3.05. The molecular formula is C16H17N3S. The maximum absolute atomic E-state index is 4.83. The van der Waals surface area contributed by atoms with E-state index in [1.807, 2.05) is 12.1 Å². The number of aryl methyl sites for hydroxylation is 1. The highest BCUT2D eigenvalue weighted by Crippen LogP contribution is 2.34. The van der Waals surface area contributed by atoms with Crippen molar-refractivity contribution in [2.75, 3.05) is 0 Å². The Morgan fingerprint density at radius 1 is 1.05 bits per heavy atom. The molecule has 0 bridgehead atoms. The third-order valence-electron chi connectivity index (χ3n) is 3.24. The van der Waals surface area contributed by atoms with Crippen molar-refractivity contribution in [3.05, 3.63) is 41.2 Å². The topological polar surface area (TPSA) is 38.7 Å². The molecule has 0 radical (unpaired) electrons. The lowest BCUT2D eigenvalue weighted by molar-refractivity contribution is 0.576. The fourth-order valence-corrected chi connectivity index (χ4v) is 3.36. The quantitative estimate of drug-likeness (QED) is 0.666. The third kappa shape index (κ3) is 2.20. The first kappa shape index (κ1) is 13.2. The average molecular weight is 283 g/mol. The van der Waals surface area contributed by atoms with Gasteiger partial charge >= 0.3 is 0 Å². The molecule has 0 saturated carbocycles. The normalized spacial score (nSPS) is 12.0. The molecule has 0 spiro atoms. The molecule has 4 heteroatoms. The third-order valence-corrected chi connectivity index (χ3v) is 4.34. The van der Waals surface area contributed by atoms with Gasteiger partial charge in [-0.15, -0.1) is 11.3 Å². The van der Waals surface area contributed by atoms with Gasteiger partial charge in [-0.25, -0.2) is 9.97 Å². The molecule has 3 nitrogen and oxygen atoms in total. The van der Waals surface area contributed by atoms with Gasteiger partial charge < -0.3 is 0 Å². The van der Waals surface area contributed by atoms with E-state index >= 15 is 0 Å². The van der Waals surface area contributed by atoms with E-state index in [1.165, 1.54) is 10.3 Å². The molecule has 3 rings (SSSR count). The second kappa shape index (κ2) is 4.63. The van der Waals surface area contributed by atoms with Crippen molar-refractivity contribution in [3.8, 4) is 11.4 Å². The van der Waals surface area contributed by atoms with Crippen molar-refractivity contribution >= 4 is 21.6 Å². The van der Waals surface area contributed by atoms with Crippen LogP contribution in [0.2, 0.25) is 0 Å². The summed E-state index contributed by atoms with van der Waals surface area (Å²) in [6.45, 7) is 8.69. The maximum Gasteiger partial charge on any atom is 0.160 e. The lowest BCUT2D eigenvalue weighted by Crippen LogP contribution is -2.14. The van der Waals surface area contributed by atoms with E-state index < -0.39 is 0 Å². The number of thiophene rings is 1. The molecule has 0 aromatic carbocycles. The van der Waals surface area contributed by atoms with E-state index in [0.29, 0.717) is 0 Å². The van der Waals surface area contributed by atoms with Crippen molar-refractivity contribution in [2.24, 2.45) is 0 Å². The molecular weight excluding hydrogens is 266 g/mol. The minimum atomic E-state index is 0.000262. The number of rotatable bonds is 1. The summed E-state index contributed by atoms with van der Waals surface area (Å²) in [5.41, 5.74) is 4.42. The minimum absolute atomic E-state index is 0.000262. The highest BCUT2D eigenvalue weighted by atomic mass is 32.1. The summed E-state index contributed by atoms with van der Waals surface area (Å²) in [6.07, 6.45) is 3.56. The van der Waals surface area contributed by atoms with Crippen molar-refractivity contribution in [3.63, 3.8) is 0 Å². The van der Waals surface area contributed by atoms with Crippen LogP contribution in [0.25, 0.3) is 21.6 Å². The van der Waals surface area contributed by atoms with Gasteiger partial charge in [-0.2, -0.15) is 0 Å². The molecule has 3 heterocycles. The summed E-state index contributed by atoms with van der Waals surface area (Å²) in [6, 6.07) is 3.91. The smallest absolute Gasteiger partial charge is 0.160 e. The van der Waals surface area contributed by atoms with Crippen LogP contribution in [-0.2, 0) is 5.41 Å². The standard InChI is InChI=1S/C16H17N3S/c1-10-9-20-13-12(10)18-15(11-5-7-17-8-6-11)19-14(13)16(2,3)4/h5-9H,1-4H3. The number of hydrogen-bond donors (Lipinski definition) is 0. The second-order valence-electron chi connectivity index (χ2n) is 5.98. The zero-order valence-corrected chi connectivity index (χ0v) is 13.0. The van der Waals surface area contributed by atoms with Crippen molar-refractivity contribution in [1.29, 1.82) is 0 Å². The second-order valence-corrected chi connectivity index (χ2v) is 6.86. The zero-order chi connectivity index (χ0) is 14.3. The van der Waals surface area contributed by atoms with Gasteiger partial charge in [-0.3, -0.25) is 4.98 Å². The molecule has 0 aliphatic carbocycles. The van der Waals surface area contributed by atoms with Gasteiger partial charge in [0.1, 0.15) is 0 Å². The van der Waals surface area contributed by atoms with E-state index in [0.717, 1.165) is 22.6 Å². The van der Waals surface area contributed by atoms with Crippen LogP contribution in [0.5, 0.6) is 0 Å². The van der Waals surface area contributed by atoms with E-state index in [9.17, 15) is 0 Å². The highest BCUT2D eigenvalue weighted by Gasteiger charge is 2.22. The first-order valence-electron chi connectivity index (χ1n) is 6.63. The summed E-state index contributed by atoms with van der Waals surface area (Å²) >= 11 is 1.73. The number of fused-ring (bicyclic) bond motifs is 1. The molecule has 20 heavy (non-hydrogen) atoms. The van der Waals surface area contributed by atoms with Crippen molar-refractivity contribution in [2.45, 2.75) is 33.1 Å². The van der Waals surface area contributed by atoms with Crippen LogP contribution in [0, 0.1) is 6.92 Å². The predicted molar refractivity (Wildman–Crippen MR) is 84.1 cm³/mol. The van der Waals surface area contributed by atoms with E-state index in [-0.39, 0.29) is 5.41 Å². The zero-order valence-electron chi connectivity index (χ0n) is 12.1. The van der Waals surface area contributed by atoms with Gasteiger partial charge in [-0.05, 0) is 30.0 Å². The maximum atomic E-state index is 4.83. The fraction of sp³-hybridized carbons (Fsp3) is 0.312. The summed E-state index contributed by atoms with van der Waals surface area (Å²) < 4.78 is 1.20. The Hall–Kier alpha value is -1.81. The van der Waals surface area contributed by atoms with Crippen molar-refractivity contribution < 1.29 is 0 Å². The van der Waals surface area contributed by atoms with Gasteiger partial charge in [-0.1, -0.05) is 20.8 Å². The SMILES string of the molecule is Cc1csc2c(C(C)(C)C)nc(-c3ccncc3)nc12. The van der Waals surface area contributed by atoms with Crippen LogP contribution in [-0.4, -0.2) is 15.0 Å². The minimum Gasteiger partial charge on any atom is -0.265 e. The van der Waals surface area contributed by atoms with Gasteiger partial charge in [0.2, 0.25) is 0 Å². The average Bonchev–Trinajstić information content (AvgIpc) is 2.79. The Balaban J connectivity index is 2.33. The first-order valence-corrected chi connectivity index (χ1v) is 7.51. The Labute approximate surface area is 122 Å². The summed E-state index contributed by atoms with van der Waals surface area (Å²) in [7, 11) is 0. The molecule has 3 aromatic heterocycles. The molecule has 3 aromatic rings. The molecule has 0 atom stereocenters. The largest absolute Gasteiger partial charge is 0.265 e. The summed E-state index contributed by atoms with van der Waals surface area (Å²) in [4.78, 5) is 13.6. The van der Waals surface area contributed by atoms with Gasteiger partial charge in [0, 0.05) is 23.4 Å². The molecule has 0 aliphatic heterocycles. The van der Waals surface area contributed by atoms with Crippen LogP contribution >= 0.6 is 11.3 Å². The van der Waals surface area contributed by atoms with Crippen molar-refractivity contribution in [1.82, 2.24) is 15.0 Å². The number of pyridine rings is 1. The molecule has 0 saturated heterocycles. The highest BCUT2D eigenvalue weighted by molar-refractivity contribution is 7.17. The first-order chi connectivity index (χ1) is 9.47. The lowest BCUT2D eigenvalue weighted by Gasteiger charge is -2.19. The summed E-state index contributed by atoms with van der Waals surface area (Å²) in [5.74, 6) is 0.784. The Bertz CT molecular complexity index is 754. The molecule has 102 valence electrons. The number of aromatic nitrogens is 3. The predicted octanol–water partition coefficient (Wildman–Crippen LogP) is 4.36. The number of hydrogen-bond acceptors (Lipinski definition) is 4. The monoisotopic (exact) mass is 283 g/mol. The van der Waals surface area contributed by atoms with E-state index in [4.69, 9.17) is 9.97 Å². The molecule has 0 amide bonds. The van der Waals surface area contributed by atoms with Crippen LogP contribution in [0.1, 0.15) is 32.0 Å². The number of nitrogens with zero attached hydrogens (tertiary/aromatic N) is 3. The van der Waals surface area contributed by atoms with Crippen LogP contribution in [0.4, 0.5) is 0 Å².